The van der Waals surface area contributed by atoms with Gasteiger partial charge in [-0.1, -0.05) is 23.2 Å². The van der Waals surface area contributed by atoms with Gasteiger partial charge < -0.3 is 26.6 Å². The predicted octanol–water partition coefficient (Wildman–Crippen LogP) is 0.598. The van der Waals surface area contributed by atoms with Crippen molar-refractivity contribution < 1.29 is 24.5 Å². The molecule has 1 aromatic carbocycles. The molecule has 6 N–H and O–H groups in total. The average Bonchev–Trinajstić information content (AvgIpc) is 2.56. The molecule has 1 aromatic rings. The topological polar surface area (TPSA) is 183 Å². The van der Waals surface area contributed by atoms with Crippen LogP contribution in [-0.2, 0) is 9.59 Å². The number of nitrogens with zero attached hydrogens (tertiary/aromatic N) is 2. The Morgan fingerprint density at radius 2 is 2.04 bits per heavy atom. The quantitative estimate of drug-likeness (QED) is 0.183. The Morgan fingerprint density at radius 3 is 2.59 bits per heavy atom. The van der Waals surface area contributed by atoms with E-state index >= 15 is 0 Å². The zero-order valence-corrected chi connectivity index (χ0v) is 15.3. The Bertz CT molecular complexity index is 745. The van der Waals surface area contributed by atoms with Gasteiger partial charge in [0.25, 0.3) is 5.91 Å². The van der Waals surface area contributed by atoms with Crippen LogP contribution in [0.1, 0.15) is 12.8 Å². The highest BCUT2D eigenvalue weighted by molar-refractivity contribution is 6.35. The molecule has 1 rings (SSSR count). The molecule has 0 aliphatic carbocycles. The van der Waals surface area contributed by atoms with Gasteiger partial charge in [-0.2, -0.15) is 0 Å². The average molecular weight is 422 g/mol. The Hall–Kier alpha value is -2.63. The number of amidine groups is 1. The van der Waals surface area contributed by atoms with Gasteiger partial charge in [0.05, 0.1) is 16.2 Å². The summed E-state index contributed by atoms with van der Waals surface area (Å²) >= 11 is 11.6. The molecule has 0 aromatic heterocycles. The first kappa shape index (κ1) is 22.4. The number of hydrazone groups is 1. The number of carboxylic acids is 1. The van der Waals surface area contributed by atoms with Crippen LogP contribution in [-0.4, -0.2) is 46.5 Å². The lowest BCUT2D eigenvalue weighted by molar-refractivity contribution is -0.485. The van der Waals surface area contributed by atoms with E-state index < -0.39 is 41.4 Å². The van der Waals surface area contributed by atoms with Gasteiger partial charge >= 0.3 is 5.97 Å². The van der Waals surface area contributed by atoms with Crippen molar-refractivity contribution in [1.29, 1.82) is 0 Å². The van der Waals surface area contributed by atoms with Crippen LogP contribution in [0, 0.1) is 10.1 Å². The summed E-state index contributed by atoms with van der Waals surface area (Å²) in [6.07, 6.45) is -0.178. The Morgan fingerprint density at radius 1 is 1.37 bits per heavy atom. The van der Waals surface area contributed by atoms with E-state index in [1.807, 2.05) is 0 Å². The number of carbonyl (C=O) groups excluding carboxylic acids is 1. The van der Waals surface area contributed by atoms with E-state index in [0.29, 0.717) is 5.02 Å². The lowest BCUT2D eigenvalue weighted by Crippen LogP contribution is -2.45. The number of carboxylic acid groups (broad SMARTS) is 1. The largest absolute Gasteiger partial charge is 0.482 e. The summed E-state index contributed by atoms with van der Waals surface area (Å²) in [5.41, 5.74) is 10.9. The van der Waals surface area contributed by atoms with Crippen molar-refractivity contribution >= 4 is 40.9 Å². The number of aliphatic carboxylic acids is 1. The molecule has 13 heteroatoms. The maximum atomic E-state index is 11.9. The molecule has 0 fully saturated rings. The molecular weight excluding hydrogens is 405 g/mol. The minimum atomic E-state index is -1.31. The van der Waals surface area contributed by atoms with Gasteiger partial charge in [-0.05, 0) is 31.0 Å². The third kappa shape index (κ3) is 8.07. The first-order valence-electron chi connectivity index (χ1n) is 7.44. The van der Waals surface area contributed by atoms with E-state index in [0.717, 1.165) is 0 Å². The molecule has 0 bridgehead atoms. The van der Waals surface area contributed by atoms with Crippen LogP contribution >= 0.6 is 23.2 Å². The number of ether oxygens (including phenoxy) is 1. The number of nitro groups is 1. The van der Waals surface area contributed by atoms with Crippen LogP contribution in [0.15, 0.2) is 23.3 Å². The maximum Gasteiger partial charge on any atom is 0.326 e. The first-order chi connectivity index (χ1) is 12.6. The fourth-order valence-corrected chi connectivity index (χ4v) is 2.35. The summed E-state index contributed by atoms with van der Waals surface area (Å²) in [5.74, 6) is -2.27. The Balaban J connectivity index is 2.57. The number of amides is 1. The molecule has 11 nitrogen and oxygen atoms in total. The molecule has 0 heterocycles. The molecule has 148 valence electrons. The highest BCUT2D eigenvalue weighted by atomic mass is 35.5. The molecule has 0 saturated heterocycles. The van der Waals surface area contributed by atoms with E-state index in [9.17, 15) is 24.8 Å². The summed E-state index contributed by atoms with van der Waals surface area (Å²) < 4.78 is 5.21. The highest BCUT2D eigenvalue weighted by Crippen LogP contribution is 2.27. The Labute approximate surface area is 163 Å². The lowest BCUT2D eigenvalue weighted by Gasteiger charge is -2.17. The van der Waals surface area contributed by atoms with Crippen molar-refractivity contribution in [3.63, 3.8) is 0 Å². The van der Waals surface area contributed by atoms with Crippen LogP contribution in [0.3, 0.4) is 0 Å². The molecule has 27 heavy (non-hydrogen) atoms. The molecule has 0 aliphatic rings. The number of halogens is 2. The molecule has 2 atom stereocenters. The number of rotatable bonds is 10. The van der Waals surface area contributed by atoms with Crippen molar-refractivity contribution in [2.24, 2.45) is 16.6 Å². The van der Waals surface area contributed by atoms with Crippen molar-refractivity contribution in [2.45, 2.75) is 24.9 Å². The van der Waals surface area contributed by atoms with Gasteiger partial charge in [0, 0.05) is 5.02 Å². The monoisotopic (exact) mass is 421 g/mol. The van der Waals surface area contributed by atoms with Gasteiger partial charge in [0.2, 0.25) is 0 Å². The molecule has 0 saturated carbocycles. The number of nitrogens with one attached hydrogen (secondary N) is 1. The van der Waals surface area contributed by atoms with Gasteiger partial charge in [-0.15, -0.1) is 0 Å². The van der Waals surface area contributed by atoms with Gasteiger partial charge in [-0.3, -0.25) is 4.79 Å². The SMILES string of the molecule is NC(=N[N+](=O)[O-])C(N)CC[C@H](NC(=O)COc1ccc(Cl)cc1Cl)C(=O)O. The van der Waals surface area contributed by atoms with Crippen LogP contribution < -0.4 is 21.5 Å². The van der Waals surface area contributed by atoms with Crippen molar-refractivity contribution in [1.82, 2.24) is 5.32 Å². The predicted molar refractivity (Wildman–Crippen MR) is 97.3 cm³/mol. The van der Waals surface area contributed by atoms with E-state index in [1.54, 1.807) is 0 Å². The second kappa shape index (κ2) is 10.5. The normalized spacial score (nSPS) is 13.5. The highest BCUT2D eigenvalue weighted by Gasteiger charge is 2.23. The smallest absolute Gasteiger partial charge is 0.326 e. The summed E-state index contributed by atoms with van der Waals surface area (Å²) in [5, 5.41) is 24.1. The molecule has 0 aliphatic heterocycles. The Kier molecular flexibility index (Phi) is 8.72. The number of benzene rings is 1. The van der Waals surface area contributed by atoms with Gasteiger partial charge in [0.15, 0.2) is 17.5 Å². The molecule has 1 unspecified atom stereocenters. The molecule has 0 spiro atoms. The zero-order valence-electron chi connectivity index (χ0n) is 13.8. The van der Waals surface area contributed by atoms with Gasteiger partial charge in [-0.25, -0.2) is 14.9 Å². The van der Waals surface area contributed by atoms with Crippen molar-refractivity contribution in [3.8, 4) is 5.75 Å². The first-order valence-corrected chi connectivity index (χ1v) is 8.19. The van der Waals surface area contributed by atoms with Crippen molar-refractivity contribution in [2.75, 3.05) is 6.61 Å². The van der Waals surface area contributed by atoms with E-state index in [-0.39, 0.29) is 23.6 Å². The molecule has 0 radical (unpaired) electrons. The van der Waals surface area contributed by atoms with E-state index in [4.69, 9.17) is 39.4 Å². The minimum Gasteiger partial charge on any atom is -0.482 e. The van der Waals surface area contributed by atoms with E-state index in [2.05, 4.69) is 10.4 Å². The zero-order chi connectivity index (χ0) is 20.6. The van der Waals surface area contributed by atoms with Crippen LogP contribution in [0.25, 0.3) is 0 Å². The van der Waals surface area contributed by atoms with Crippen molar-refractivity contribution in [3.05, 3.63) is 38.4 Å². The summed E-state index contributed by atoms with van der Waals surface area (Å²) in [6, 6.07) is 2.08. The number of hydrogen-bond acceptors (Lipinski definition) is 6. The maximum absolute atomic E-state index is 11.9. The third-order valence-corrected chi connectivity index (χ3v) is 3.76. The second-order valence-electron chi connectivity index (χ2n) is 5.27. The third-order valence-electron chi connectivity index (χ3n) is 3.23. The van der Waals surface area contributed by atoms with Crippen LogP contribution in [0.5, 0.6) is 5.75 Å². The minimum absolute atomic E-state index is 0.0513. The summed E-state index contributed by atoms with van der Waals surface area (Å²) in [6.45, 7) is -0.484. The number of hydrogen-bond donors (Lipinski definition) is 4. The van der Waals surface area contributed by atoms with Crippen LogP contribution in [0.2, 0.25) is 10.0 Å². The fraction of sp³-hybridized carbons (Fsp3) is 0.357. The number of carbonyl (C=O) groups is 2. The molecular formula is C14H17Cl2N5O6. The number of nitrogens with two attached hydrogens (primary N) is 2. The molecule has 1 amide bonds. The lowest BCUT2D eigenvalue weighted by atomic mass is 10.1. The fourth-order valence-electron chi connectivity index (χ4n) is 1.89. The summed E-state index contributed by atoms with van der Waals surface area (Å²) in [4.78, 5) is 33.4. The van der Waals surface area contributed by atoms with Crippen LogP contribution in [0.4, 0.5) is 0 Å². The second-order valence-corrected chi connectivity index (χ2v) is 6.11. The van der Waals surface area contributed by atoms with E-state index in [1.165, 1.54) is 18.2 Å². The summed E-state index contributed by atoms with van der Waals surface area (Å²) in [7, 11) is 0. The standard InChI is InChI=1S/C14H17Cl2N5O6/c15-7-1-4-11(8(16)5-7)27-6-12(22)19-10(14(23)24)3-2-9(17)13(18)20-21(25)26/h1,4-5,9-10H,2-3,6,17H2,(H2,18,20)(H,19,22)(H,23,24)/t9?,10-/m0/s1. The van der Waals surface area contributed by atoms with Gasteiger partial charge in [0.1, 0.15) is 11.8 Å².